The van der Waals surface area contributed by atoms with Crippen molar-refractivity contribution >= 4 is 30.0 Å². The van der Waals surface area contributed by atoms with Crippen molar-refractivity contribution in [2.45, 2.75) is 44.8 Å². The fourth-order valence-corrected chi connectivity index (χ4v) is 4.22. The number of fused-ring (bicyclic) bond motifs is 1. The molecule has 1 aliphatic heterocycles. The summed E-state index contributed by atoms with van der Waals surface area (Å²) in [7, 11) is 0. The second-order valence-electron chi connectivity index (χ2n) is 9.31. The molecule has 1 aliphatic rings. The van der Waals surface area contributed by atoms with Gasteiger partial charge in [0.1, 0.15) is 6.04 Å². The standard InChI is InChI=1S/C29H34F3N5O3/c1-2-37(15-14-33)27(39)9-5-8-26(38)36-25(16-20-10-12-23(13-11-20)29(30,31)32)28(40)35-24-17-21-6-3-4-7-22(21)18-34-19-24/h3-4,6-7,10-13,17-19,25,34H,2,5,8-9,14-16,33H2,1H3,(H,35,40)(H,36,38)/t25-/m1/s1. The molecular weight excluding hydrogens is 523 g/mol. The minimum Gasteiger partial charge on any atom is -0.365 e. The number of alkyl halides is 3. The molecule has 8 nitrogen and oxygen atoms in total. The van der Waals surface area contributed by atoms with Crippen LogP contribution in [0.15, 0.2) is 60.4 Å². The number of hydrogen-bond acceptors (Lipinski definition) is 5. The summed E-state index contributed by atoms with van der Waals surface area (Å²) in [6, 6.07) is 10.9. The lowest BCUT2D eigenvalue weighted by molar-refractivity contribution is -0.137. The second kappa shape index (κ2) is 14.3. The fourth-order valence-electron chi connectivity index (χ4n) is 4.22. The number of nitrogens with one attached hydrogen (secondary N) is 3. The summed E-state index contributed by atoms with van der Waals surface area (Å²) in [6.07, 6.45) is 1.06. The van der Waals surface area contributed by atoms with Gasteiger partial charge >= 0.3 is 6.18 Å². The number of allylic oxidation sites excluding steroid dienone is 1. The molecule has 11 heteroatoms. The first-order chi connectivity index (χ1) is 19.1. The Hall–Kier alpha value is -4.12. The summed E-state index contributed by atoms with van der Waals surface area (Å²) in [5.74, 6) is -1.09. The summed E-state index contributed by atoms with van der Waals surface area (Å²) < 4.78 is 39.0. The van der Waals surface area contributed by atoms with Gasteiger partial charge in [-0.2, -0.15) is 13.2 Å². The molecule has 1 heterocycles. The van der Waals surface area contributed by atoms with Crippen LogP contribution in [0, 0.1) is 0 Å². The van der Waals surface area contributed by atoms with E-state index in [0.717, 1.165) is 22.6 Å². The summed E-state index contributed by atoms with van der Waals surface area (Å²) in [6.45, 7) is 3.13. The Morgan fingerprint density at radius 1 is 1.00 bits per heavy atom. The van der Waals surface area contributed by atoms with Crippen molar-refractivity contribution in [3.63, 3.8) is 0 Å². The number of halogens is 3. The highest BCUT2D eigenvalue weighted by molar-refractivity contribution is 5.90. The Morgan fingerprint density at radius 2 is 1.70 bits per heavy atom. The van der Waals surface area contributed by atoms with Crippen molar-refractivity contribution in [1.82, 2.24) is 20.9 Å². The van der Waals surface area contributed by atoms with Crippen molar-refractivity contribution in [1.29, 1.82) is 0 Å². The molecule has 1 atom stereocenters. The summed E-state index contributed by atoms with van der Waals surface area (Å²) >= 11 is 0. The van der Waals surface area contributed by atoms with Crippen LogP contribution in [0.5, 0.6) is 0 Å². The molecule has 2 aromatic rings. The van der Waals surface area contributed by atoms with E-state index in [2.05, 4.69) is 16.0 Å². The lowest BCUT2D eigenvalue weighted by Crippen LogP contribution is -2.47. The average molecular weight is 558 g/mol. The maximum absolute atomic E-state index is 13.3. The van der Waals surface area contributed by atoms with E-state index in [1.807, 2.05) is 31.2 Å². The molecule has 0 aromatic heterocycles. The molecule has 0 bridgehead atoms. The van der Waals surface area contributed by atoms with Crippen molar-refractivity contribution in [3.05, 3.63) is 82.0 Å². The Balaban J connectivity index is 1.71. The average Bonchev–Trinajstić information content (AvgIpc) is 3.12. The van der Waals surface area contributed by atoms with Gasteiger partial charge in [0.25, 0.3) is 0 Å². The van der Waals surface area contributed by atoms with E-state index in [1.165, 1.54) is 12.1 Å². The highest BCUT2D eigenvalue weighted by atomic mass is 19.4. The van der Waals surface area contributed by atoms with E-state index in [1.54, 1.807) is 23.4 Å². The first-order valence-electron chi connectivity index (χ1n) is 13.1. The Kier molecular flexibility index (Phi) is 10.9. The van der Waals surface area contributed by atoms with E-state index in [-0.39, 0.29) is 31.6 Å². The topological polar surface area (TPSA) is 117 Å². The van der Waals surface area contributed by atoms with Crippen molar-refractivity contribution in [2.24, 2.45) is 5.73 Å². The van der Waals surface area contributed by atoms with E-state index < -0.39 is 29.6 Å². The minimum absolute atomic E-state index is 0.00141. The van der Waals surface area contributed by atoms with Gasteiger partial charge in [-0.1, -0.05) is 36.4 Å². The highest BCUT2D eigenvalue weighted by Crippen LogP contribution is 2.29. The highest BCUT2D eigenvalue weighted by Gasteiger charge is 2.30. The number of hydrogen-bond donors (Lipinski definition) is 4. The van der Waals surface area contributed by atoms with Gasteiger partial charge in [0.2, 0.25) is 17.7 Å². The third-order valence-corrected chi connectivity index (χ3v) is 6.35. The second-order valence-corrected chi connectivity index (χ2v) is 9.31. The van der Waals surface area contributed by atoms with Crippen LogP contribution in [0.3, 0.4) is 0 Å². The Bertz CT molecular complexity index is 1340. The maximum Gasteiger partial charge on any atom is 0.416 e. The fraction of sp³-hybridized carbons (Fsp3) is 0.345. The molecule has 5 N–H and O–H groups in total. The third-order valence-electron chi connectivity index (χ3n) is 6.35. The third kappa shape index (κ3) is 8.98. The Labute approximate surface area is 230 Å². The predicted octanol–water partition coefficient (Wildman–Crippen LogP) is 1.49. The van der Waals surface area contributed by atoms with Crippen LogP contribution in [0.4, 0.5) is 13.2 Å². The molecule has 0 radical (unpaired) electrons. The molecule has 0 saturated heterocycles. The molecule has 3 amide bonds. The van der Waals surface area contributed by atoms with E-state index in [4.69, 9.17) is 5.73 Å². The SMILES string of the molecule is CCN(CCN)C(=O)CCCC(=O)N[C@H](Cc1ccc(C(F)(F)F)cc1)C(=O)NC1=CNC=c2ccccc2=C1. The lowest BCUT2D eigenvalue weighted by Gasteiger charge is -2.21. The summed E-state index contributed by atoms with van der Waals surface area (Å²) in [4.78, 5) is 40.0. The Morgan fingerprint density at radius 3 is 2.35 bits per heavy atom. The quantitative estimate of drug-likeness (QED) is 0.316. The first-order valence-corrected chi connectivity index (χ1v) is 13.1. The van der Waals surface area contributed by atoms with Gasteiger partial charge in [-0.15, -0.1) is 0 Å². The zero-order valence-electron chi connectivity index (χ0n) is 22.3. The van der Waals surface area contributed by atoms with Crippen LogP contribution in [0.1, 0.15) is 37.3 Å². The lowest BCUT2D eigenvalue weighted by atomic mass is 10.0. The number of carbonyl (C=O) groups is 3. The molecule has 0 unspecified atom stereocenters. The van der Waals surface area contributed by atoms with Crippen molar-refractivity contribution in [3.8, 4) is 0 Å². The molecule has 3 rings (SSSR count). The van der Waals surface area contributed by atoms with Gasteiger partial charge in [0.05, 0.1) is 11.3 Å². The number of nitrogens with zero attached hydrogens (tertiary/aromatic N) is 1. The molecule has 214 valence electrons. The largest absolute Gasteiger partial charge is 0.416 e. The number of benzene rings is 2. The van der Waals surface area contributed by atoms with Crippen LogP contribution in [-0.2, 0) is 27.0 Å². The van der Waals surface area contributed by atoms with Crippen LogP contribution in [0.2, 0.25) is 0 Å². The molecule has 40 heavy (non-hydrogen) atoms. The zero-order valence-corrected chi connectivity index (χ0v) is 22.3. The predicted molar refractivity (Wildman–Crippen MR) is 146 cm³/mol. The maximum atomic E-state index is 13.3. The normalized spacial score (nSPS) is 13.3. The van der Waals surface area contributed by atoms with E-state index >= 15 is 0 Å². The van der Waals surface area contributed by atoms with Crippen LogP contribution in [0.25, 0.3) is 12.3 Å². The number of rotatable bonds is 12. The van der Waals surface area contributed by atoms with Crippen LogP contribution < -0.4 is 32.1 Å². The monoisotopic (exact) mass is 557 g/mol. The van der Waals surface area contributed by atoms with Gasteiger partial charge in [0, 0.05) is 51.3 Å². The van der Waals surface area contributed by atoms with Gasteiger partial charge in [-0.25, -0.2) is 0 Å². The minimum atomic E-state index is -4.49. The number of carbonyl (C=O) groups excluding carboxylic acids is 3. The summed E-state index contributed by atoms with van der Waals surface area (Å²) in [5.41, 5.74) is 5.62. The molecule has 0 aliphatic carbocycles. The van der Waals surface area contributed by atoms with E-state index in [0.29, 0.717) is 30.9 Å². The molecular formula is C29H34F3N5O3. The van der Waals surface area contributed by atoms with Gasteiger partial charge < -0.3 is 26.6 Å². The van der Waals surface area contributed by atoms with Crippen LogP contribution >= 0.6 is 0 Å². The summed E-state index contributed by atoms with van der Waals surface area (Å²) in [5, 5.41) is 10.3. The van der Waals surface area contributed by atoms with Crippen LogP contribution in [-0.4, -0.2) is 48.3 Å². The number of likely N-dealkylation sites (N-methyl/N-ethyl adjacent to an activating group) is 1. The zero-order chi connectivity index (χ0) is 29.1. The van der Waals surface area contributed by atoms with E-state index in [9.17, 15) is 27.6 Å². The van der Waals surface area contributed by atoms with Crippen molar-refractivity contribution in [2.75, 3.05) is 19.6 Å². The number of nitrogens with two attached hydrogens (primary N) is 1. The molecule has 0 spiro atoms. The number of amides is 3. The smallest absolute Gasteiger partial charge is 0.365 e. The molecule has 2 aromatic carbocycles. The van der Waals surface area contributed by atoms with Gasteiger partial charge in [0.15, 0.2) is 0 Å². The molecule has 0 fully saturated rings. The first kappa shape index (κ1) is 30.4. The van der Waals surface area contributed by atoms with Crippen molar-refractivity contribution < 1.29 is 27.6 Å². The molecule has 0 saturated carbocycles. The van der Waals surface area contributed by atoms with Gasteiger partial charge in [-0.05, 0) is 47.6 Å². The van der Waals surface area contributed by atoms with Gasteiger partial charge in [-0.3, -0.25) is 14.4 Å².